The molecule has 4 unspecified atom stereocenters. The summed E-state index contributed by atoms with van der Waals surface area (Å²) >= 11 is 0. The second-order valence-electron chi connectivity index (χ2n) is 12.1. The number of aliphatic hydroxyl groups excluding tert-OH is 1. The van der Waals surface area contributed by atoms with E-state index in [1.54, 1.807) is 14.0 Å². The summed E-state index contributed by atoms with van der Waals surface area (Å²) < 4.78 is 63.6. The topological polar surface area (TPSA) is 311 Å². The van der Waals surface area contributed by atoms with Gasteiger partial charge in [-0.25, -0.2) is 9.59 Å². The van der Waals surface area contributed by atoms with Crippen LogP contribution in [0.4, 0.5) is 0 Å². The third-order valence-electron chi connectivity index (χ3n) is 8.31. The number of carbonyl (C=O) groups is 3. The number of carbonyl (C=O) groups excluding carboxylic acids is 2. The van der Waals surface area contributed by atoms with Crippen LogP contribution < -0.4 is 18.9 Å². The van der Waals surface area contributed by atoms with E-state index in [0.29, 0.717) is 51.8 Å². The van der Waals surface area contributed by atoms with Gasteiger partial charge in [-0.2, -0.15) is 8.42 Å². The van der Waals surface area contributed by atoms with Crippen molar-refractivity contribution in [3.05, 3.63) is 0 Å². The molecule has 0 aromatic rings. The molecule has 0 amide bonds. The Morgan fingerprint density at radius 2 is 1.16 bits per heavy atom. The molecule has 4 aliphatic heterocycles. The number of carboxylic acid groups (broad SMARTS) is 1. The molecule has 7 N–H and O–H groups in total. The Balaban J connectivity index is -0.000000189. The second-order valence-corrected chi connectivity index (χ2v) is 13.6. The zero-order valence-corrected chi connectivity index (χ0v) is 34.7. The summed E-state index contributed by atoms with van der Waals surface area (Å²) in [6.45, 7) is 8.74. The Bertz CT molecular complexity index is 1020. The molecule has 22 heteroatoms. The monoisotopic (exact) mass is 822 g/mol. The molecule has 20 nitrogen and oxygen atoms in total. The van der Waals surface area contributed by atoms with E-state index in [0.717, 1.165) is 59.4 Å². The summed E-state index contributed by atoms with van der Waals surface area (Å²) in [6, 6.07) is 0. The minimum Gasteiger partial charge on any atom is -0.870 e. The van der Waals surface area contributed by atoms with Gasteiger partial charge in [-0.1, -0.05) is 0 Å². The Morgan fingerprint density at radius 1 is 0.745 bits per heavy atom. The summed E-state index contributed by atoms with van der Waals surface area (Å²) in [5.74, 6) is -1.26. The van der Waals surface area contributed by atoms with Gasteiger partial charge in [0, 0.05) is 40.6 Å². The average molecular weight is 823 g/mol. The molecular formula is C33H67LiO20S. The van der Waals surface area contributed by atoms with Crippen LogP contribution in [0.3, 0.4) is 0 Å². The summed E-state index contributed by atoms with van der Waals surface area (Å²) in [4.78, 5) is 33.6. The summed E-state index contributed by atoms with van der Waals surface area (Å²) in [7, 11) is 1.45. The molecule has 4 atom stereocenters. The van der Waals surface area contributed by atoms with Crippen LogP contribution in [0.25, 0.3) is 0 Å². The van der Waals surface area contributed by atoms with Crippen molar-refractivity contribution in [1.82, 2.24) is 0 Å². The largest absolute Gasteiger partial charge is 1.00 e. The average Bonchev–Trinajstić information content (AvgIpc) is 3.65. The van der Waals surface area contributed by atoms with Gasteiger partial charge in [0.2, 0.25) is 0 Å². The maximum absolute atomic E-state index is 11.7. The minimum atomic E-state index is -3.66. The number of esters is 1. The van der Waals surface area contributed by atoms with Gasteiger partial charge in [-0.15, -0.1) is 0 Å². The van der Waals surface area contributed by atoms with E-state index in [-0.39, 0.29) is 61.4 Å². The smallest absolute Gasteiger partial charge is 0.870 e. The number of hydrogen-bond acceptors (Lipinski definition) is 18. The van der Waals surface area contributed by atoms with Crippen LogP contribution >= 0.6 is 0 Å². The molecule has 4 heterocycles. The van der Waals surface area contributed by atoms with E-state index in [2.05, 4.69) is 15.3 Å². The first-order chi connectivity index (χ1) is 24.7. The summed E-state index contributed by atoms with van der Waals surface area (Å²) in [5, 5.41) is 29.9. The van der Waals surface area contributed by atoms with Crippen molar-refractivity contribution < 1.29 is 115 Å². The molecule has 0 aliphatic carbocycles. The van der Waals surface area contributed by atoms with E-state index < -0.39 is 33.2 Å². The van der Waals surface area contributed by atoms with E-state index in [4.69, 9.17) is 53.9 Å². The second kappa shape index (κ2) is 35.8. The quantitative estimate of drug-likeness (QED) is 0.0843. The van der Waals surface area contributed by atoms with E-state index >= 15 is 0 Å². The predicted octanol–water partition coefficient (Wildman–Crippen LogP) is -0.972. The number of aliphatic carboxylic acids is 1. The fraction of sp³-hybridized carbons (Fsp3) is 0.909. The fourth-order valence-electron chi connectivity index (χ4n) is 5.28. The molecule has 0 aromatic carbocycles. The number of ether oxygens (including phenoxy) is 7. The van der Waals surface area contributed by atoms with E-state index in [1.165, 1.54) is 26.9 Å². The van der Waals surface area contributed by atoms with Crippen molar-refractivity contribution in [2.75, 3.05) is 81.3 Å². The molecule has 0 aromatic heterocycles. The normalized spacial score (nSPS) is 25.2. The van der Waals surface area contributed by atoms with Crippen molar-refractivity contribution in [2.45, 2.75) is 114 Å². The van der Waals surface area contributed by atoms with Crippen LogP contribution in [0.1, 0.15) is 91.4 Å². The summed E-state index contributed by atoms with van der Waals surface area (Å²) in [5.41, 5.74) is -2.78. The minimum absolute atomic E-state index is 0. The van der Waals surface area contributed by atoms with Crippen molar-refractivity contribution >= 4 is 28.1 Å². The number of rotatable bonds is 11. The maximum Gasteiger partial charge on any atom is 1.00 e. The third-order valence-corrected chi connectivity index (χ3v) is 9.13. The predicted molar refractivity (Wildman–Crippen MR) is 192 cm³/mol. The number of aliphatic hydroxyl groups is 1. The Morgan fingerprint density at radius 3 is 1.38 bits per heavy atom. The number of carboxylic acids is 1. The Labute approximate surface area is 337 Å². The molecule has 0 saturated carbocycles. The molecule has 55 heavy (non-hydrogen) atoms. The van der Waals surface area contributed by atoms with Gasteiger partial charge in [0.15, 0.2) is 17.0 Å². The molecule has 0 radical (unpaired) electrons. The van der Waals surface area contributed by atoms with Crippen LogP contribution in [0.5, 0.6) is 0 Å². The Kier molecular flexibility index (Phi) is 40.9. The van der Waals surface area contributed by atoms with Gasteiger partial charge >= 0.3 is 41.2 Å². The van der Waals surface area contributed by atoms with Crippen LogP contribution in [0.15, 0.2) is 0 Å². The fourth-order valence-corrected chi connectivity index (χ4v) is 5.42. The number of Topliss-reactive ketones (excluding diaryl/α,β-unsaturated/α-hetero) is 1. The SMILES string of the molecule is CC(=O)C1(CO)CCCCO1.CC1CCCO1.CCOC(=O)C1(COC)CCCCO1.COCC1(C(=O)O)CCCCO1.COS(=O)(=O)OC.O.OO.[Li+].[OH-]. The van der Waals surface area contributed by atoms with Gasteiger partial charge in [0.25, 0.3) is 0 Å². The maximum atomic E-state index is 11.7. The van der Waals surface area contributed by atoms with Crippen molar-refractivity contribution in [2.24, 2.45) is 0 Å². The first-order valence-electron chi connectivity index (χ1n) is 17.3. The molecule has 0 bridgehead atoms. The van der Waals surface area contributed by atoms with Crippen molar-refractivity contribution in [3.8, 4) is 0 Å². The number of methoxy groups -OCH3 is 2. The zero-order valence-electron chi connectivity index (χ0n) is 33.9. The van der Waals surface area contributed by atoms with E-state index in [9.17, 15) is 22.8 Å². The molecule has 326 valence electrons. The van der Waals surface area contributed by atoms with Gasteiger partial charge in [0.05, 0.1) is 46.8 Å². The van der Waals surface area contributed by atoms with Crippen molar-refractivity contribution in [1.29, 1.82) is 0 Å². The van der Waals surface area contributed by atoms with E-state index in [1.807, 2.05) is 0 Å². The van der Waals surface area contributed by atoms with Crippen LogP contribution in [-0.4, -0.2) is 162 Å². The summed E-state index contributed by atoms with van der Waals surface area (Å²) in [6.07, 6.45) is 10.8. The first kappa shape index (κ1) is 62.8. The molecule has 4 fully saturated rings. The van der Waals surface area contributed by atoms with Crippen LogP contribution in [0.2, 0.25) is 0 Å². The molecule has 0 spiro atoms. The molecule has 4 saturated heterocycles. The number of ketones is 1. The van der Waals surface area contributed by atoms with Crippen LogP contribution in [-0.2, 0) is 66.3 Å². The van der Waals surface area contributed by atoms with Gasteiger partial charge < -0.3 is 54.3 Å². The number of hydrogen-bond donors (Lipinski definition) is 4. The van der Waals surface area contributed by atoms with Gasteiger partial charge in [-0.3, -0.25) is 23.7 Å². The van der Waals surface area contributed by atoms with Crippen LogP contribution in [0, 0.1) is 0 Å². The van der Waals surface area contributed by atoms with Gasteiger partial charge in [0.1, 0.15) is 5.60 Å². The molecule has 4 aliphatic rings. The first-order valence-corrected chi connectivity index (χ1v) is 18.6. The molecular weight excluding hydrogens is 755 g/mol. The zero-order chi connectivity index (χ0) is 40.1. The Hall–Kier alpha value is -1.36. The van der Waals surface area contributed by atoms with Gasteiger partial charge in [-0.05, 0) is 91.4 Å². The van der Waals surface area contributed by atoms with Crippen molar-refractivity contribution in [3.63, 3.8) is 0 Å². The molecule has 4 rings (SSSR count). The third kappa shape index (κ3) is 24.9. The standard InChI is InChI=1S/C10H18O4.C8H14O4.C8H14O3.C5H10O.C2H6O4S.Li.H2O2.2H2O/c1-3-13-9(11)10(8-12-2)6-4-5-7-14-10;1-11-6-8(7(9)10)4-2-3-5-12-8;1-7(10)8(6-9)4-2-3-5-11-8;1-5-3-2-4-6-5;1-5-7(3,4)6-2;;1-2;;/h3-8H2,1-2H3;2-6H2,1H3,(H,9,10);9H,2-6H2,1H3;5H,2-4H2,1H3;1-2H3;;1-2H;2*1H2/q;;;;;+1;;;/p-1.